The maximum absolute atomic E-state index is 11.9. The summed E-state index contributed by atoms with van der Waals surface area (Å²) >= 11 is 3.01. The molecule has 2 rings (SSSR count). The fourth-order valence-corrected chi connectivity index (χ4v) is 2.20. The number of fused-ring (bicyclic) bond motifs is 1. The van der Waals surface area contributed by atoms with Gasteiger partial charge >= 0.3 is 0 Å². The highest BCUT2D eigenvalue weighted by Crippen LogP contribution is 2.33. The Morgan fingerprint density at radius 2 is 2.00 bits per heavy atom. The van der Waals surface area contributed by atoms with Gasteiger partial charge in [0.1, 0.15) is 5.75 Å². The first-order chi connectivity index (χ1) is 8.06. The maximum atomic E-state index is 11.9. The van der Waals surface area contributed by atoms with Gasteiger partial charge in [0.05, 0.1) is 16.7 Å². The molecule has 0 fully saturated rings. The summed E-state index contributed by atoms with van der Waals surface area (Å²) in [4.78, 5) is 23.7. The molecule has 0 heterocycles. The SMILES string of the molecule is COCc1ccc(O)c2c1C(=O)C=C(Br)C2=O. The van der Waals surface area contributed by atoms with E-state index < -0.39 is 5.78 Å². The minimum Gasteiger partial charge on any atom is -0.507 e. The number of Topliss-reactive ketones (excluding diaryl/α,β-unsaturated/α-hetero) is 1. The molecule has 5 heteroatoms. The summed E-state index contributed by atoms with van der Waals surface area (Å²) < 4.78 is 5.12. The van der Waals surface area contributed by atoms with Gasteiger partial charge in [-0.15, -0.1) is 0 Å². The van der Waals surface area contributed by atoms with Gasteiger partial charge in [-0.1, -0.05) is 6.07 Å². The van der Waals surface area contributed by atoms with E-state index in [0.717, 1.165) is 0 Å². The highest BCUT2D eigenvalue weighted by atomic mass is 79.9. The lowest BCUT2D eigenvalue weighted by Gasteiger charge is -2.16. The van der Waals surface area contributed by atoms with Crippen molar-refractivity contribution in [2.45, 2.75) is 6.61 Å². The predicted molar refractivity (Wildman–Crippen MR) is 64.5 cm³/mol. The van der Waals surface area contributed by atoms with Gasteiger partial charge in [0.2, 0.25) is 5.78 Å². The predicted octanol–water partition coefficient (Wildman–Crippen LogP) is 2.20. The van der Waals surface area contributed by atoms with Crippen LogP contribution < -0.4 is 0 Å². The molecule has 1 aromatic carbocycles. The Hall–Kier alpha value is -1.46. The fourth-order valence-electron chi connectivity index (χ4n) is 1.79. The number of carbonyl (C=O) groups excluding carboxylic acids is 2. The Bertz CT molecular complexity index is 546. The molecule has 0 spiro atoms. The molecule has 17 heavy (non-hydrogen) atoms. The third kappa shape index (κ3) is 1.92. The number of methoxy groups -OCH3 is 1. The Morgan fingerprint density at radius 1 is 1.29 bits per heavy atom. The smallest absolute Gasteiger partial charge is 0.204 e. The molecule has 1 N–H and O–H groups in total. The van der Waals surface area contributed by atoms with Crippen molar-refractivity contribution in [1.82, 2.24) is 0 Å². The molecule has 0 saturated carbocycles. The van der Waals surface area contributed by atoms with Crippen LogP contribution in [-0.4, -0.2) is 23.8 Å². The molecule has 0 radical (unpaired) electrons. The number of phenolic OH excluding ortho intramolecular Hbond substituents is 1. The number of phenols is 1. The number of ether oxygens (including phenoxy) is 1. The van der Waals surface area contributed by atoms with Gasteiger partial charge in [-0.25, -0.2) is 0 Å². The molecule has 0 atom stereocenters. The van der Waals surface area contributed by atoms with Crippen LogP contribution in [0, 0.1) is 0 Å². The van der Waals surface area contributed by atoms with Gasteiger partial charge < -0.3 is 9.84 Å². The normalized spacial score (nSPS) is 14.6. The lowest BCUT2D eigenvalue weighted by Crippen LogP contribution is -2.17. The monoisotopic (exact) mass is 296 g/mol. The van der Waals surface area contributed by atoms with Crippen molar-refractivity contribution in [3.63, 3.8) is 0 Å². The van der Waals surface area contributed by atoms with E-state index >= 15 is 0 Å². The van der Waals surface area contributed by atoms with Gasteiger partial charge in [-0.05, 0) is 27.6 Å². The highest BCUT2D eigenvalue weighted by Gasteiger charge is 2.29. The molecule has 0 unspecified atom stereocenters. The minimum absolute atomic E-state index is 0.0407. The molecular formula is C12H9BrO4. The molecule has 0 aromatic heterocycles. The molecule has 0 bridgehead atoms. The number of hydrogen-bond acceptors (Lipinski definition) is 4. The molecule has 4 nitrogen and oxygen atoms in total. The average molecular weight is 297 g/mol. The minimum atomic E-state index is -0.393. The van der Waals surface area contributed by atoms with Crippen molar-refractivity contribution in [2.24, 2.45) is 0 Å². The van der Waals surface area contributed by atoms with E-state index in [4.69, 9.17) is 4.74 Å². The number of aromatic hydroxyl groups is 1. The van der Waals surface area contributed by atoms with Crippen molar-refractivity contribution in [3.05, 3.63) is 39.4 Å². The van der Waals surface area contributed by atoms with Crippen LogP contribution in [0.4, 0.5) is 0 Å². The van der Waals surface area contributed by atoms with Crippen LogP contribution in [0.1, 0.15) is 26.3 Å². The Morgan fingerprint density at radius 3 is 2.65 bits per heavy atom. The molecule has 1 aromatic rings. The third-order valence-electron chi connectivity index (χ3n) is 2.52. The first kappa shape index (κ1) is 12.0. The van der Waals surface area contributed by atoms with Crippen LogP contribution >= 0.6 is 15.9 Å². The summed E-state index contributed by atoms with van der Waals surface area (Å²) in [7, 11) is 1.50. The van der Waals surface area contributed by atoms with Crippen LogP contribution in [0.5, 0.6) is 5.75 Å². The first-order valence-corrected chi connectivity index (χ1v) is 5.65. The van der Waals surface area contributed by atoms with E-state index in [2.05, 4.69) is 15.9 Å². The Kier molecular flexibility index (Phi) is 3.13. The van der Waals surface area contributed by atoms with Gasteiger partial charge in [0.25, 0.3) is 0 Å². The highest BCUT2D eigenvalue weighted by molar-refractivity contribution is 9.12. The zero-order chi connectivity index (χ0) is 12.6. The largest absolute Gasteiger partial charge is 0.507 e. The summed E-state index contributed by atoms with van der Waals surface area (Å²) in [6.45, 7) is 0.215. The Labute approximate surface area is 106 Å². The van der Waals surface area contributed by atoms with Crippen LogP contribution in [0.25, 0.3) is 0 Å². The fraction of sp³-hybridized carbons (Fsp3) is 0.167. The number of benzene rings is 1. The zero-order valence-corrected chi connectivity index (χ0v) is 10.6. The van der Waals surface area contributed by atoms with Crippen LogP contribution in [0.2, 0.25) is 0 Å². The second-order valence-electron chi connectivity index (χ2n) is 3.61. The summed E-state index contributed by atoms with van der Waals surface area (Å²) in [5.41, 5.74) is 0.855. The second kappa shape index (κ2) is 4.43. The quantitative estimate of drug-likeness (QED) is 0.909. The summed E-state index contributed by atoms with van der Waals surface area (Å²) in [5.74, 6) is -0.896. The van der Waals surface area contributed by atoms with E-state index in [1.807, 2.05) is 0 Å². The molecule has 1 aliphatic carbocycles. The lowest BCUT2D eigenvalue weighted by molar-refractivity contribution is 0.0985. The summed E-state index contributed by atoms with van der Waals surface area (Å²) in [6.07, 6.45) is 1.21. The van der Waals surface area contributed by atoms with Crippen LogP contribution in [-0.2, 0) is 11.3 Å². The lowest BCUT2D eigenvalue weighted by atomic mass is 9.90. The standard InChI is InChI=1S/C12H9BrO4/c1-17-5-6-2-3-8(14)11-10(6)9(15)4-7(13)12(11)16/h2-4,14H,5H2,1H3. The van der Waals surface area contributed by atoms with E-state index in [-0.39, 0.29) is 33.7 Å². The zero-order valence-electron chi connectivity index (χ0n) is 8.99. The maximum Gasteiger partial charge on any atom is 0.204 e. The molecule has 0 amide bonds. The van der Waals surface area contributed by atoms with Crippen molar-refractivity contribution in [2.75, 3.05) is 7.11 Å². The van der Waals surface area contributed by atoms with E-state index in [9.17, 15) is 14.7 Å². The van der Waals surface area contributed by atoms with Crippen LogP contribution in [0.15, 0.2) is 22.7 Å². The average Bonchev–Trinajstić information content (AvgIpc) is 2.28. The van der Waals surface area contributed by atoms with Gasteiger partial charge in [0, 0.05) is 18.7 Å². The third-order valence-corrected chi connectivity index (χ3v) is 3.11. The van der Waals surface area contributed by atoms with Gasteiger partial charge in [-0.2, -0.15) is 0 Å². The molecule has 0 saturated heterocycles. The van der Waals surface area contributed by atoms with Gasteiger partial charge in [-0.3, -0.25) is 9.59 Å². The van der Waals surface area contributed by atoms with Crippen molar-refractivity contribution >= 4 is 27.5 Å². The number of ketones is 2. The number of allylic oxidation sites excluding steroid dienone is 2. The first-order valence-electron chi connectivity index (χ1n) is 4.86. The van der Waals surface area contributed by atoms with E-state index in [0.29, 0.717) is 5.56 Å². The summed E-state index contributed by atoms with van der Waals surface area (Å²) in [5, 5.41) is 9.69. The van der Waals surface area contributed by atoms with E-state index in [1.165, 1.54) is 19.3 Å². The van der Waals surface area contributed by atoms with Crippen molar-refractivity contribution < 1.29 is 19.4 Å². The molecule has 0 aliphatic heterocycles. The van der Waals surface area contributed by atoms with Crippen LogP contribution in [0.3, 0.4) is 0 Å². The molecule has 1 aliphatic rings. The molecular weight excluding hydrogens is 288 g/mol. The van der Waals surface area contributed by atoms with Crippen molar-refractivity contribution in [1.29, 1.82) is 0 Å². The number of halogens is 1. The Balaban J connectivity index is 2.71. The topological polar surface area (TPSA) is 63.6 Å². The van der Waals surface area contributed by atoms with Gasteiger partial charge in [0.15, 0.2) is 5.78 Å². The summed E-state index contributed by atoms with van der Waals surface area (Å²) in [6, 6.07) is 2.97. The number of carbonyl (C=O) groups is 2. The van der Waals surface area contributed by atoms with Crippen molar-refractivity contribution in [3.8, 4) is 5.75 Å². The molecule has 88 valence electrons. The second-order valence-corrected chi connectivity index (χ2v) is 4.47. The van der Waals surface area contributed by atoms with E-state index in [1.54, 1.807) is 6.07 Å². The number of rotatable bonds is 2. The number of hydrogen-bond donors (Lipinski definition) is 1.